The smallest absolute Gasteiger partial charge is 0.246 e. The molecule has 0 atom stereocenters. The van der Waals surface area contributed by atoms with Gasteiger partial charge in [0.15, 0.2) is 11.5 Å². The first-order valence-corrected chi connectivity index (χ1v) is 9.97. The summed E-state index contributed by atoms with van der Waals surface area (Å²) in [5, 5.41) is 2.96. The Morgan fingerprint density at radius 3 is 2.03 bits per heavy atom. The average Bonchev–Trinajstić information content (AvgIpc) is 2.70. The maximum atomic E-state index is 12.6. The molecular formula is C22H33N3O5. The van der Waals surface area contributed by atoms with Crippen LogP contribution in [0.5, 0.6) is 17.2 Å². The minimum absolute atomic E-state index is 0.00423. The molecule has 1 fully saturated rings. The van der Waals surface area contributed by atoms with Crippen molar-refractivity contribution in [3.8, 4) is 17.2 Å². The first-order chi connectivity index (χ1) is 14.2. The topological polar surface area (TPSA) is 80.3 Å². The number of nitrogens with one attached hydrogen (secondary N) is 1. The molecule has 30 heavy (non-hydrogen) atoms. The number of benzene rings is 1. The fourth-order valence-corrected chi connectivity index (χ4v) is 3.26. The standard InChI is InChI=1S/C22H33N3O5/c1-22(2,3)23-19(26)15-24-9-11-25(12-10-24)20(27)8-7-16-13-17(28-4)21(30-6)18(14-16)29-5/h7-8,13-14H,9-12,15H2,1-6H3,(H,23,26)/b8-7+. The fraction of sp³-hybridized carbons (Fsp3) is 0.545. The van der Waals surface area contributed by atoms with E-state index in [-0.39, 0.29) is 17.4 Å². The van der Waals surface area contributed by atoms with Gasteiger partial charge in [0.05, 0.1) is 27.9 Å². The van der Waals surface area contributed by atoms with E-state index < -0.39 is 0 Å². The van der Waals surface area contributed by atoms with Crippen LogP contribution in [-0.2, 0) is 9.59 Å². The van der Waals surface area contributed by atoms with Crippen LogP contribution in [0.15, 0.2) is 18.2 Å². The Kier molecular flexibility index (Phi) is 8.11. The highest BCUT2D eigenvalue weighted by atomic mass is 16.5. The molecule has 0 bridgehead atoms. The summed E-state index contributed by atoms with van der Waals surface area (Å²) in [6.07, 6.45) is 3.28. The summed E-state index contributed by atoms with van der Waals surface area (Å²) >= 11 is 0. The Morgan fingerprint density at radius 1 is 1.00 bits per heavy atom. The number of ether oxygens (including phenoxy) is 3. The Balaban J connectivity index is 1.93. The molecule has 8 heteroatoms. The number of carbonyl (C=O) groups excluding carboxylic acids is 2. The van der Waals surface area contributed by atoms with Gasteiger partial charge in [0, 0.05) is 37.8 Å². The summed E-state index contributed by atoms with van der Waals surface area (Å²) in [5.41, 5.74) is 0.530. The highest BCUT2D eigenvalue weighted by Gasteiger charge is 2.22. The van der Waals surface area contributed by atoms with Gasteiger partial charge in [-0.05, 0) is 44.5 Å². The van der Waals surface area contributed by atoms with E-state index in [0.29, 0.717) is 50.0 Å². The minimum Gasteiger partial charge on any atom is -0.493 e. The Labute approximate surface area is 178 Å². The van der Waals surface area contributed by atoms with E-state index in [9.17, 15) is 9.59 Å². The third-order valence-electron chi connectivity index (χ3n) is 4.67. The van der Waals surface area contributed by atoms with Crippen molar-refractivity contribution in [3.05, 3.63) is 23.8 Å². The van der Waals surface area contributed by atoms with Crippen molar-refractivity contribution in [2.24, 2.45) is 0 Å². The van der Waals surface area contributed by atoms with E-state index in [0.717, 1.165) is 5.56 Å². The Morgan fingerprint density at radius 2 is 1.57 bits per heavy atom. The Bertz CT molecular complexity index is 752. The SMILES string of the molecule is COc1cc(/C=C/C(=O)N2CCN(CC(=O)NC(C)(C)C)CC2)cc(OC)c1OC. The summed E-state index contributed by atoms with van der Waals surface area (Å²) in [6, 6.07) is 3.58. The number of methoxy groups -OCH3 is 3. The molecule has 1 aliphatic heterocycles. The highest BCUT2D eigenvalue weighted by molar-refractivity contribution is 5.92. The third kappa shape index (κ3) is 6.66. The lowest BCUT2D eigenvalue weighted by Crippen LogP contribution is -2.52. The van der Waals surface area contributed by atoms with Gasteiger partial charge in [0.2, 0.25) is 17.6 Å². The lowest BCUT2D eigenvalue weighted by atomic mass is 10.1. The summed E-state index contributed by atoms with van der Waals surface area (Å²) in [4.78, 5) is 28.5. The van der Waals surface area contributed by atoms with Crippen molar-refractivity contribution in [2.75, 3.05) is 54.1 Å². The van der Waals surface area contributed by atoms with E-state index in [1.807, 2.05) is 20.8 Å². The second-order valence-electron chi connectivity index (χ2n) is 8.19. The number of hydrogen-bond donors (Lipinski definition) is 1. The monoisotopic (exact) mass is 419 g/mol. The van der Waals surface area contributed by atoms with Crippen LogP contribution < -0.4 is 19.5 Å². The lowest BCUT2D eigenvalue weighted by Gasteiger charge is -2.34. The number of rotatable bonds is 7. The van der Waals surface area contributed by atoms with Crippen molar-refractivity contribution in [1.82, 2.24) is 15.1 Å². The van der Waals surface area contributed by atoms with Crippen LogP contribution >= 0.6 is 0 Å². The maximum absolute atomic E-state index is 12.6. The number of amides is 2. The first-order valence-electron chi connectivity index (χ1n) is 9.97. The van der Waals surface area contributed by atoms with Gasteiger partial charge >= 0.3 is 0 Å². The van der Waals surface area contributed by atoms with Gasteiger partial charge < -0.3 is 24.4 Å². The van der Waals surface area contributed by atoms with Gasteiger partial charge in [-0.25, -0.2) is 0 Å². The molecule has 2 rings (SSSR count). The van der Waals surface area contributed by atoms with E-state index in [1.165, 1.54) is 0 Å². The van der Waals surface area contributed by atoms with Gasteiger partial charge in [-0.15, -0.1) is 0 Å². The van der Waals surface area contributed by atoms with Crippen LogP contribution in [0.1, 0.15) is 26.3 Å². The summed E-state index contributed by atoms with van der Waals surface area (Å²) in [5.74, 6) is 1.51. The summed E-state index contributed by atoms with van der Waals surface area (Å²) < 4.78 is 16.0. The number of nitrogens with zero attached hydrogens (tertiary/aromatic N) is 2. The van der Waals surface area contributed by atoms with Crippen molar-refractivity contribution >= 4 is 17.9 Å². The van der Waals surface area contributed by atoms with Crippen LogP contribution in [0.3, 0.4) is 0 Å². The van der Waals surface area contributed by atoms with Crippen LogP contribution in [0, 0.1) is 0 Å². The second kappa shape index (κ2) is 10.3. The molecule has 1 aromatic rings. The minimum atomic E-state index is -0.244. The van der Waals surface area contributed by atoms with Crippen LogP contribution in [0.2, 0.25) is 0 Å². The largest absolute Gasteiger partial charge is 0.493 e. The zero-order valence-electron chi connectivity index (χ0n) is 18.8. The van der Waals surface area contributed by atoms with Crippen molar-refractivity contribution < 1.29 is 23.8 Å². The summed E-state index contributed by atoms with van der Waals surface area (Å²) in [6.45, 7) is 8.73. The van der Waals surface area contributed by atoms with E-state index in [2.05, 4.69) is 10.2 Å². The zero-order valence-corrected chi connectivity index (χ0v) is 18.8. The molecule has 0 unspecified atom stereocenters. The first kappa shape index (κ1) is 23.5. The molecule has 0 aliphatic carbocycles. The van der Waals surface area contributed by atoms with Crippen LogP contribution in [-0.4, -0.2) is 81.2 Å². The van der Waals surface area contributed by atoms with E-state index >= 15 is 0 Å². The van der Waals surface area contributed by atoms with Crippen molar-refractivity contribution in [2.45, 2.75) is 26.3 Å². The average molecular weight is 420 g/mol. The second-order valence-corrected chi connectivity index (χ2v) is 8.19. The van der Waals surface area contributed by atoms with E-state index in [4.69, 9.17) is 14.2 Å². The van der Waals surface area contributed by atoms with Crippen molar-refractivity contribution in [3.63, 3.8) is 0 Å². The molecule has 0 saturated carbocycles. The molecule has 0 radical (unpaired) electrons. The van der Waals surface area contributed by atoms with Crippen LogP contribution in [0.25, 0.3) is 6.08 Å². The molecule has 1 heterocycles. The normalized spacial score (nSPS) is 15.2. The van der Waals surface area contributed by atoms with Crippen LogP contribution in [0.4, 0.5) is 0 Å². The highest BCUT2D eigenvalue weighted by Crippen LogP contribution is 2.38. The number of hydrogen-bond acceptors (Lipinski definition) is 6. The van der Waals surface area contributed by atoms with Gasteiger partial charge in [0.1, 0.15) is 0 Å². The van der Waals surface area contributed by atoms with Gasteiger partial charge in [-0.1, -0.05) is 0 Å². The third-order valence-corrected chi connectivity index (χ3v) is 4.67. The molecule has 166 valence electrons. The summed E-state index contributed by atoms with van der Waals surface area (Å²) in [7, 11) is 4.65. The van der Waals surface area contributed by atoms with Crippen molar-refractivity contribution in [1.29, 1.82) is 0 Å². The molecule has 1 aromatic carbocycles. The predicted molar refractivity (Wildman–Crippen MR) is 116 cm³/mol. The quantitative estimate of drug-likeness (QED) is 0.679. The van der Waals surface area contributed by atoms with Gasteiger partial charge in [-0.2, -0.15) is 0 Å². The molecular weight excluding hydrogens is 386 g/mol. The maximum Gasteiger partial charge on any atom is 0.246 e. The molecule has 8 nitrogen and oxygen atoms in total. The zero-order chi connectivity index (χ0) is 22.3. The molecule has 1 aliphatic rings. The van der Waals surface area contributed by atoms with Gasteiger partial charge in [0.25, 0.3) is 0 Å². The molecule has 1 saturated heterocycles. The molecule has 0 aromatic heterocycles. The molecule has 1 N–H and O–H groups in total. The fourth-order valence-electron chi connectivity index (χ4n) is 3.26. The van der Waals surface area contributed by atoms with E-state index in [1.54, 1.807) is 50.5 Å². The van der Waals surface area contributed by atoms with Gasteiger partial charge in [-0.3, -0.25) is 14.5 Å². The Hall–Kier alpha value is -2.74. The molecule has 2 amide bonds. The number of carbonyl (C=O) groups is 2. The molecule has 0 spiro atoms. The predicted octanol–water partition coefficient (Wildman–Crippen LogP) is 1.78. The number of piperazine rings is 1. The lowest BCUT2D eigenvalue weighted by molar-refractivity contribution is -0.128.